The van der Waals surface area contributed by atoms with E-state index in [1.54, 1.807) is 0 Å². The molecule has 0 spiro atoms. The maximum atomic E-state index is 9.37. The fourth-order valence-corrected chi connectivity index (χ4v) is 3.07. The fraction of sp³-hybridized carbons (Fsp3) is 0.933. The van der Waals surface area contributed by atoms with E-state index in [9.17, 15) is 5.26 Å². The third-order valence-corrected chi connectivity index (χ3v) is 4.50. The van der Waals surface area contributed by atoms with E-state index in [4.69, 9.17) is 0 Å². The van der Waals surface area contributed by atoms with Gasteiger partial charge in [0.25, 0.3) is 0 Å². The van der Waals surface area contributed by atoms with Gasteiger partial charge in [-0.3, -0.25) is 0 Å². The van der Waals surface area contributed by atoms with E-state index in [1.807, 2.05) is 0 Å². The molecule has 92 valence electrons. The van der Waals surface area contributed by atoms with Gasteiger partial charge in [0.2, 0.25) is 0 Å². The van der Waals surface area contributed by atoms with Crippen LogP contribution in [0.15, 0.2) is 0 Å². The van der Waals surface area contributed by atoms with Gasteiger partial charge >= 0.3 is 0 Å². The van der Waals surface area contributed by atoms with Crippen molar-refractivity contribution in [1.82, 2.24) is 0 Å². The largest absolute Gasteiger partial charge is 0.198 e. The van der Waals surface area contributed by atoms with Crippen molar-refractivity contribution in [2.75, 3.05) is 0 Å². The van der Waals surface area contributed by atoms with Crippen LogP contribution in [-0.4, -0.2) is 0 Å². The predicted octanol–water partition coefficient (Wildman–Crippen LogP) is 5.07. The summed E-state index contributed by atoms with van der Waals surface area (Å²) in [5, 5.41) is 9.37. The van der Waals surface area contributed by atoms with Crippen molar-refractivity contribution in [3.63, 3.8) is 0 Å². The minimum atomic E-state index is 0.0508. The second kappa shape index (κ2) is 5.71. The lowest BCUT2D eigenvalue weighted by Crippen LogP contribution is -2.28. The highest BCUT2D eigenvalue weighted by atomic mass is 14.6. The highest BCUT2D eigenvalue weighted by Crippen LogP contribution is 2.62. The molecule has 0 aromatic carbocycles. The quantitative estimate of drug-likeness (QED) is 0.525. The smallest absolute Gasteiger partial charge is 0.0695 e. The molecule has 0 aromatic heterocycles. The molecule has 1 unspecified atom stereocenters. The van der Waals surface area contributed by atoms with Crippen LogP contribution in [0.3, 0.4) is 0 Å². The average Bonchev–Trinajstić information content (AvgIpc) is 3.06. The van der Waals surface area contributed by atoms with Crippen molar-refractivity contribution in [1.29, 1.82) is 5.26 Å². The molecule has 1 aliphatic carbocycles. The lowest BCUT2D eigenvalue weighted by molar-refractivity contribution is 0.168. The van der Waals surface area contributed by atoms with Crippen molar-refractivity contribution in [2.45, 2.75) is 78.6 Å². The molecule has 0 amide bonds. The molecule has 1 atom stereocenters. The van der Waals surface area contributed by atoms with E-state index in [2.05, 4.69) is 26.8 Å². The van der Waals surface area contributed by atoms with Crippen molar-refractivity contribution in [3.8, 4) is 6.07 Å². The molecule has 1 rings (SSSR count). The number of rotatable bonds is 8. The van der Waals surface area contributed by atoms with Crippen LogP contribution in [0.25, 0.3) is 0 Å². The van der Waals surface area contributed by atoms with Crippen molar-refractivity contribution >= 4 is 0 Å². The molecule has 0 heterocycles. The second-order valence-corrected chi connectivity index (χ2v) is 5.82. The first kappa shape index (κ1) is 13.6. The summed E-state index contributed by atoms with van der Waals surface area (Å²) in [4.78, 5) is 0. The zero-order valence-corrected chi connectivity index (χ0v) is 11.3. The zero-order valence-electron chi connectivity index (χ0n) is 11.3. The van der Waals surface area contributed by atoms with Gasteiger partial charge in [-0.2, -0.15) is 5.26 Å². The maximum Gasteiger partial charge on any atom is 0.0695 e. The van der Waals surface area contributed by atoms with Gasteiger partial charge in [-0.15, -0.1) is 0 Å². The van der Waals surface area contributed by atoms with E-state index in [-0.39, 0.29) is 5.41 Å². The first-order chi connectivity index (χ1) is 7.64. The molecule has 1 aliphatic rings. The molecule has 16 heavy (non-hydrogen) atoms. The molecule has 0 aromatic rings. The maximum absolute atomic E-state index is 9.37. The van der Waals surface area contributed by atoms with Gasteiger partial charge in [-0.05, 0) is 31.1 Å². The number of hydrogen-bond acceptors (Lipinski definition) is 1. The Balaban J connectivity index is 2.49. The summed E-state index contributed by atoms with van der Waals surface area (Å²) in [5.74, 6) is 0. The number of nitrogens with zero attached hydrogens (tertiary/aromatic N) is 1. The third kappa shape index (κ3) is 2.78. The van der Waals surface area contributed by atoms with Gasteiger partial charge in [0, 0.05) is 0 Å². The van der Waals surface area contributed by atoms with E-state index < -0.39 is 0 Å². The highest BCUT2D eigenvalue weighted by molar-refractivity contribution is 5.17. The topological polar surface area (TPSA) is 23.8 Å². The normalized spacial score (nSPS) is 21.1. The summed E-state index contributed by atoms with van der Waals surface area (Å²) < 4.78 is 0. The summed E-state index contributed by atoms with van der Waals surface area (Å²) in [6, 6.07) is 2.62. The van der Waals surface area contributed by atoms with Crippen LogP contribution >= 0.6 is 0 Å². The number of hydrogen-bond donors (Lipinski definition) is 0. The Kier molecular flexibility index (Phi) is 4.84. The van der Waals surface area contributed by atoms with E-state index >= 15 is 0 Å². The summed E-state index contributed by atoms with van der Waals surface area (Å²) in [6.45, 7) is 6.86. The van der Waals surface area contributed by atoms with E-state index in [1.165, 1.54) is 44.9 Å². The third-order valence-electron chi connectivity index (χ3n) is 4.50. The van der Waals surface area contributed by atoms with Crippen LogP contribution in [0, 0.1) is 22.2 Å². The molecule has 0 N–H and O–H groups in total. The molecular formula is C15H27N. The van der Waals surface area contributed by atoms with Crippen molar-refractivity contribution in [2.24, 2.45) is 10.8 Å². The molecule has 0 saturated heterocycles. The van der Waals surface area contributed by atoms with Gasteiger partial charge in [0.1, 0.15) is 0 Å². The minimum absolute atomic E-state index is 0.0508. The summed E-state index contributed by atoms with van der Waals surface area (Å²) in [7, 11) is 0. The Bertz CT molecular complexity index is 247. The minimum Gasteiger partial charge on any atom is -0.198 e. The SMILES string of the molecule is CCCCCCC(C)(CCC)C1(C#N)CC1. The summed E-state index contributed by atoms with van der Waals surface area (Å²) >= 11 is 0. The van der Waals surface area contributed by atoms with Crippen LogP contribution in [0.1, 0.15) is 78.6 Å². The van der Waals surface area contributed by atoms with Crippen molar-refractivity contribution in [3.05, 3.63) is 0 Å². The Morgan fingerprint density at radius 2 is 1.75 bits per heavy atom. The van der Waals surface area contributed by atoms with Crippen LogP contribution in [0.5, 0.6) is 0 Å². The molecule has 1 fully saturated rings. The van der Waals surface area contributed by atoms with Gasteiger partial charge in [0.15, 0.2) is 0 Å². The molecule has 0 radical (unpaired) electrons. The number of unbranched alkanes of at least 4 members (excludes halogenated alkanes) is 3. The number of nitriles is 1. The van der Waals surface area contributed by atoms with Crippen molar-refractivity contribution < 1.29 is 0 Å². The molecule has 0 bridgehead atoms. The summed E-state index contributed by atoms with van der Waals surface area (Å²) in [6.07, 6.45) is 11.3. The summed E-state index contributed by atoms with van der Waals surface area (Å²) in [5.41, 5.74) is 0.347. The highest BCUT2D eigenvalue weighted by Gasteiger charge is 2.56. The van der Waals surface area contributed by atoms with Gasteiger partial charge in [0.05, 0.1) is 11.5 Å². The van der Waals surface area contributed by atoms with Crippen LogP contribution in [0.2, 0.25) is 0 Å². The van der Waals surface area contributed by atoms with Crippen LogP contribution in [-0.2, 0) is 0 Å². The fourth-order valence-electron chi connectivity index (χ4n) is 3.07. The predicted molar refractivity (Wildman–Crippen MR) is 69.1 cm³/mol. The zero-order chi connectivity index (χ0) is 12.1. The molecule has 1 heteroatoms. The first-order valence-electron chi connectivity index (χ1n) is 7.05. The molecule has 1 saturated carbocycles. The van der Waals surface area contributed by atoms with E-state index in [0.717, 1.165) is 12.8 Å². The van der Waals surface area contributed by atoms with Crippen LogP contribution < -0.4 is 0 Å². The lowest BCUT2D eigenvalue weighted by atomic mass is 9.68. The Hall–Kier alpha value is -0.510. The van der Waals surface area contributed by atoms with Gasteiger partial charge in [-0.1, -0.05) is 52.9 Å². The standard InChI is InChI=1S/C15H27N/c1-4-6-7-8-10-14(3,9-5-2)15(13-16)11-12-15/h4-12H2,1-3H3. The van der Waals surface area contributed by atoms with E-state index in [0.29, 0.717) is 5.41 Å². The monoisotopic (exact) mass is 221 g/mol. The lowest BCUT2D eigenvalue weighted by Gasteiger charge is -2.34. The van der Waals surface area contributed by atoms with Gasteiger partial charge < -0.3 is 0 Å². The first-order valence-corrected chi connectivity index (χ1v) is 7.05. The van der Waals surface area contributed by atoms with Crippen LogP contribution in [0.4, 0.5) is 0 Å². The molecule has 0 aliphatic heterocycles. The molecule has 1 nitrogen and oxygen atoms in total. The Labute approximate surface area is 101 Å². The average molecular weight is 221 g/mol. The molecular weight excluding hydrogens is 194 g/mol. The Morgan fingerprint density at radius 1 is 1.06 bits per heavy atom. The Morgan fingerprint density at radius 3 is 2.19 bits per heavy atom. The van der Waals surface area contributed by atoms with Gasteiger partial charge in [-0.25, -0.2) is 0 Å². The second-order valence-electron chi connectivity index (χ2n) is 5.82.